The second-order valence-electron chi connectivity index (χ2n) is 8.23. The number of hydrogen-bond acceptors (Lipinski definition) is 3. The first-order chi connectivity index (χ1) is 11.1. The van der Waals surface area contributed by atoms with Crippen LogP contribution in [0.2, 0.25) is 0 Å². The average molecular weight is 329 g/mol. The second-order valence-corrected chi connectivity index (χ2v) is 8.23. The zero-order chi connectivity index (χ0) is 17.7. The number of benzene rings is 1. The van der Waals surface area contributed by atoms with Gasteiger partial charge in [-0.1, -0.05) is 18.1 Å². The van der Waals surface area contributed by atoms with Crippen LogP contribution in [0.3, 0.4) is 0 Å². The minimum Gasteiger partial charge on any atom is -0.399 e. The highest BCUT2D eigenvalue weighted by Crippen LogP contribution is 2.37. The van der Waals surface area contributed by atoms with Crippen LogP contribution in [0.4, 0.5) is 5.69 Å². The fourth-order valence-corrected chi connectivity index (χ4v) is 3.13. The van der Waals surface area contributed by atoms with Crippen molar-refractivity contribution in [3.8, 4) is 0 Å². The Hall–Kier alpha value is -1.33. The van der Waals surface area contributed by atoms with Crippen LogP contribution in [0, 0.1) is 19.8 Å². The van der Waals surface area contributed by atoms with E-state index in [1.54, 1.807) is 0 Å². The molecule has 0 radical (unpaired) electrons. The van der Waals surface area contributed by atoms with Crippen LogP contribution >= 0.6 is 0 Å². The lowest BCUT2D eigenvalue weighted by molar-refractivity contribution is -0.122. The van der Waals surface area contributed by atoms with Gasteiger partial charge in [0, 0.05) is 11.6 Å². The van der Waals surface area contributed by atoms with E-state index in [4.69, 9.17) is 9.31 Å². The summed E-state index contributed by atoms with van der Waals surface area (Å²) in [5.41, 5.74) is 3.30. The maximum absolute atomic E-state index is 12.3. The topological polar surface area (TPSA) is 47.6 Å². The monoisotopic (exact) mass is 329 g/mol. The quantitative estimate of drug-likeness (QED) is 0.865. The van der Waals surface area contributed by atoms with E-state index in [1.807, 2.05) is 13.0 Å². The maximum atomic E-state index is 12.3. The van der Waals surface area contributed by atoms with Crippen molar-refractivity contribution < 1.29 is 14.1 Å². The molecule has 1 aromatic rings. The Bertz CT molecular complexity index is 649. The zero-order valence-corrected chi connectivity index (χ0v) is 15.7. The summed E-state index contributed by atoms with van der Waals surface area (Å²) in [6.45, 7) is 12.3. The molecule has 1 aromatic carbocycles. The van der Waals surface area contributed by atoms with Gasteiger partial charge in [-0.3, -0.25) is 4.79 Å². The zero-order valence-electron chi connectivity index (χ0n) is 15.7. The highest BCUT2D eigenvalue weighted by molar-refractivity contribution is 6.62. The fourth-order valence-electron chi connectivity index (χ4n) is 3.13. The van der Waals surface area contributed by atoms with Gasteiger partial charge in [0.2, 0.25) is 5.91 Å². The summed E-state index contributed by atoms with van der Waals surface area (Å²) >= 11 is 0. The minimum absolute atomic E-state index is 0.132. The van der Waals surface area contributed by atoms with Gasteiger partial charge in [0.1, 0.15) is 0 Å². The van der Waals surface area contributed by atoms with Crippen LogP contribution in [0.15, 0.2) is 12.1 Å². The Kier molecular flexibility index (Phi) is 4.29. The van der Waals surface area contributed by atoms with Crippen molar-refractivity contribution in [1.29, 1.82) is 0 Å². The van der Waals surface area contributed by atoms with E-state index in [-0.39, 0.29) is 23.0 Å². The molecule has 1 saturated heterocycles. The summed E-state index contributed by atoms with van der Waals surface area (Å²) in [5.74, 6) is 0.305. The van der Waals surface area contributed by atoms with Crippen molar-refractivity contribution in [2.75, 3.05) is 5.32 Å². The SMILES string of the molecule is Cc1cc(C)c(B2OC(C)(C)C(C)(C)O2)cc1NC(=O)C1CCC1. The lowest BCUT2D eigenvalue weighted by Gasteiger charge is -2.32. The summed E-state index contributed by atoms with van der Waals surface area (Å²) < 4.78 is 12.4. The fraction of sp³-hybridized carbons (Fsp3) is 0.632. The normalized spacial score (nSPS) is 22.3. The summed E-state index contributed by atoms with van der Waals surface area (Å²) in [6, 6.07) is 4.11. The highest BCUT2D eigenvalue weighted by Gasteiger charge is 2.52. The van der Waals surface area contributed by atoms with E-state index in [0.29, 0.717) is 0 Å². The van der Waals surface area contributed by atoms with Crippen molar-refractivity contribution in [3.05, 3.63) is 23.3 Å². The van der Waals surface area contributed by atoms with E-state index in [0.717, 1.165) is 41.5 Å². The lowest BCUT2D eigenvalue weighted by atomic mass is 9.75. The van der Waals surface area contributed by atoms with Gasteiger partial charge in [-0.15, -0.1) is 0 Å². The molecular weight excluding hydrogens is 301 g/mol. The first kappa shape index (κ1) is 17.5. The van der Waals surface area contributed by atoms with E-state index in [2.05, 4.69) is 46.0 Å². The Labute approximate surface area is 145 Å². The van der Waals surface area contributed by atoms with Crippen LogP contribution in [0.25, 0.3) is 0 Å². The van der Waals surface area contributed by atoms with Crippen molar-refractivity contribution in [2.45, 2.75) is 72.0 Å². The molecule has 4 nitrogen and oxygen atoms in total. The molecule has 0 atom stereocenters. The number of aryl methyl sites for hydroxylation is 2. The average Bonchev–Trinajstić information content (AvgIpc) is 2.59. The molecule has 3 rings (SSSR count). The van der Waals surface area contributed by atoms with E-state index < -0.39 is 7.12 Å². The molecule has 1 saturated carbocycles. The van der Waals surface area contributed by atoms with Gasteiger partial charge in [-0.25, -0.2) is 0 Å². The van der Waals surface area contributed by atoms with Gasteiger partial charge >= 0.3 is 7.12 Å². The molecule has 0 unspecified atom stereocenters. The predicted octanol–water partition coefficient (Wildman–Crippen LogP) is 3.34. The third-order valence-corrected chi connectivity index (χ3v) is 5.85. The van der Waals surface area contributed by atoms with Gasteiger partial charge < -0.3 is 14.6 Å². The predicted molar refractivity (Wildman–Crippen MR) is 97.6 cm³/mol. The van der Waals surface area contributed by atoms with Crippen molar-refractivity contribution in [2.24, 2.45) is 5.92 Å². The number of anilines is 1. The van der Waals surface area contributed by atoms with Gasteiger partial charge in [-0.05, 0) is 71.5 Å². The van der Waals surface area contributed by atoms with E-state index in [1.165, 1.54) is 0 Å². The third-order valence-electron chi connectivity index (χ3n) is 5.85. The van der Waals surface area contributed by atoms with Gasteiger partial charge in [0.25, 0.3) is 0 Å². The van der Waals surface area contributed by atoms with Gasteiger partial charge in [0.05, 0.1) is 11.2 Å². The maximum Gasteiger partial charge on any atom is 0.495 e. The number of carbonyl (C=O) groups is 1. The van der Waals surface area contributed by atoms with Crippen LogP contribution < -0.4 is 10.8 Å². The Balaban J connectivity index is 1.86. The first-order valence-corrected chi connectivity index (χ1v) is 8.88. The Morgan fingerprint density at radius 2 is 1.67 bits per heavy atom. The molecule has 1 aliphatic carbocycles. The largest absolute Gasteiger partial charge is 0.495 e. The molecular formula is C19H28BNO3. The molecule has 1 heterocycles. The molecule has 2 fully saturated rings. The number of carbonyl (C=O) groups excluding carboxylic acids is 1. The molecule has 0 bridgehead atoms. The molecule has 0 aromatic heterocycles. The molecule has 1 amide bonds. The number of amides is 1. The molecule has 1 aliphatic heterocycles. The smallest absolute Gasteiger partial charge is 0.399 e. The van der Waals surface area contributed by atoms with E-state index in [9.17, 15) is 4.79 Å². The molecule has 130 valence electrons. The third kappa shape index (κ3) is 3.00. The van der Waals surface area contributed by atoms with E-state index >= 15 is 0 Å². The summed E-state index contributed by atoms with van der Waals surface area (Å²) in [6.07, 6.45) is 3.16. The summed E-state index contributed by atoms with van der Waals surface area (Å²) in [5, 5.41) is 3.09. The summed E-state index contributed by atoms with van der Waals surface area (Å²) in [7, 11) is -0.407. The van der Waals surface area contributed by atoms with Gasteiger partial charge in [0.15, 0.2) is 0 Å². The molecule has 0 spiro atoms. The Morgan fingerprint density at radius 3 is 2.17 bits per heavy atom. The van der Waals surface area contributed by atoms with Crippen LogP contribution in [-0.2, 0) is 14.1 Å². The Morgan fingerprint density at radius 1 is 1.08 bits per heavy atom. The number of hydrogen-bond donors (Lipinski definition) is 1. The van der Waals surface area contributed by atoms with Crippen LogP contribution in [0.5, 0.6) is 0 Å². The standard InChI is InChI=1S/C19H28BNO3/c1-12-10-13(2)16(21-17(22)14-8-7-9-14)11-15(12)20-23-18(3,4)19(5,6)24-20/h10-11,14H,7-9H2,1-6H3,(H,21,22). The highest BCUT2D eigenvalue weighted by atomic mass is 16.7. The number of rotatable bonds is 3. The van der Waals surface area contributed by atoms with Crippen molar-refractivity contribution in [3.63, 3.8) is 0 Å². The minimum atomic E-state index is -0.407. The molecule has 2 aliphatic rings. The number of nitrogens with one attached hydrogen (secondary N) is 1. The molecule has 5 heteroatoms. The summed E-state index contributed by atoms with van der Waals surface area (Å²) in [4.78, 5) is 12.3. The van der Waals surface area contributed by atoms with Crippen LogP contribution in [0.1, 0.15) is 58.1 Å². The van der Waals surface area contributed by atoms with Gasteiger partial charge in [-0.2, -0.15) is 0 Å². The van der Waals surface area contributed by atoms with Crippen molar-refractivity contribution >= 4 is 24.2 Å². The molecule has 24 heavy (non-hydrogen) atoms. The van der Waals surface area contributed by atoms with Crippen molar-refractivity contribution in [1.82, 2.24) is 0 Å². The lowest BCUT2D eigenvalue weighted by Crippen LogP contribution is -2.41. The first-order valence-electron chi connectivity index (χ1n) is 8.88. The second kappa shape index (κ2) is 5.89. The molecule has 1 N–H and O–H groups in total. The van der Waals surface area contributed by atoms with Crippen LogP contribution in [-0.4, -0.2) is 24.2 Å².